The summed E-state index contributed by atoms with van der Waals surface area (Å²) >= 11 is 0. The molecule has 2 aromatic carbocycles. The first-order valence-electron chi connectivity index (χ1n) is 8.66. The van der Waals surface area contributed by atoms with E-state index in [2.05, 4.69) is 18.3 Å². The van der Waals surface area contributed by atoms with Gasteiger partial charge < -0.3 is 10.2 Å². The molecule has 0 fully saturated rings. The van der Waals surface area contributed by atoms with Gasteiger partial charge in [-0.2, -0.15) is 0 Å². The molecule has 0 saturated carbocycles. The Morgan fingerprint density at radius 1 is 1.00 bits per heavy atom. The van der Waals surface area contributed by atoms with E-state index in [1.54, 1.807) is 36.2 Å². The van der Waals surface area contributed by atoms with E-state index < -0.39 is 0 Å². The van der Waals surface area contributed by atoms with Crippen molar-refractivity contribution < 1.29 is 9.59 Å². The molecule has 0 saturated heterocycles. The Kier molecular flexibility index (Phi) is 6.34. The first-order valence-corrected chi connectivity index (χ1v) is 8.66. The molecule has 4 heteroatoms. The van der Waals surface area contributed by atoms with Crippen LogP contribution in [-0.2, 0) is 0 Å². The number of anilines is 1. The van der Waals surface area contributed by atoms with Crippen molar-refractivity contribution in [1.29, 1.82) is 0 Å². The van der Waals surface area contributed by atoms with Gasteiger partial charge in [0.25, 0.3) is 11.8 Å². The molecule has 132 valence electrons. The predicted octanol–water partition coefficient (Wildman–Crippen LogP) is 4.43. The summed E-state index contributed by atoms with van der Waals surface area (Å²) in [5, 5.41) is 2.91. The highest BCUT2D eigenvalue weighted by atomic mass is 16.2. The average Bonchev–Trinajstić information content (AvgIpc) is 2.58. The molecule has 2 amide bonds. The molecule has 2 aromatic rings. The minimum Gasteiger partial charge on any atom is -0.342 e. The van der Waals surface area contributed by atoms with Crippen molar-refractivity contribution in [2.75, 3.05) is 18.9 Å². The summed E-state index contributed by atoms with van der Waals surface area (Å²) in [6, 6.07) is 12.8. The summed E-state index contributed by atoms with van der Waals surface area (Å²) in [4.78, 5) is 26.7. The van der Waals surface area contributed by atoms with Gasteiger partial charge in [-0.3, -0.25) is 9.59 Å². The van der Waals surface area contributed by atoms with Crippen LogP contribution in [0.3, 0.4) is 0 Å². The molecule has 0 heterocycles. The number of carbonyl (C=O) groups is 2. The standard InChI is InChI=1S/C21H26N2O2/c1-5-6-10-23(4)21(25)18-9-7-8-17(14-18)20(24)22-19-12-15(2)11-16(3)13-19/h7-9,11-14H,5-6,10H2,1-4H3,(H,22,24). The van der Waals surface area contributed by atoms with Crippen molar-refractivity contribution in [1.82, 2.24) is 4.90 Å². The summed E-state index contributed by atoms with van der Waals surface area (Å²) in [5.74, 6) is -0.273. The number of hydrogen-bond acceptors (Lipinski definition) is 2. The van der Waals surface area contributed by atoms with E-state index in [4.69, 9.17) is 0 Å². The largest absolute Gasteiger partial charge is 0.342 e. The monoisotopic (exact) mass is 338 g/mol. The Bertz CT molecular complexity index is 748. The minimum absolute atomic E-state index is 0.0606. The zero-order valence-corrected chi connectivity index (χ0v) is 15.4. The van der Waals surface area contributed by atoms with Crippen LogP contribution >= 0.6 is 0 Å². The zero-order valence-electron chi connectivity index (χ0n) is 15.4. The van der Waals surface area contributed by atoms with Crippen molar-refractivity contribution in [3.63, 3.8) is 0 Å². The van der Waals surface area contributed by atoms with Crippen LogP contribution in [-0.4, -0.2) is 30.3 Å². The Morgan fingerprint density at radius 3 is 2.28 bits per heavy atom. The SMILES string of the molecule is CCCCN(C)C(=O)c1cccc(C(=O)Nc2cc(C)cc(C)c2)c1. The second-order valence-corrected chi connectivity index (χ2v) is 6.49. The molecule has 0 aliphatic carbocycles. The second-order valence-electron chi connectivity index (χ2n) is 6.49. The quantitative estimate of drug-likeness (QED) is 0.847. The number of benzene rings is 2. The van der Waals surface area contributed by atoms with Gasteiger partial charge in [0.05, 0.1) is 0 Å². The summed E-state index contributed by atoms with van der Waals surface area (Å²) < 4.78 is 0. The fourth-order valence-electron chi connectivity index (χ4n) is 2.76. The van der Waals surface area contributed by atoms with Gasteiger partial charge in [-0.25, -0.2) is 0 Å². The lowest BCUT2D eigenvalue weighted by Crippen LogP contribution is -2.28. The van der Waals surface area contributed by atoms with Gasteiger partial charge in [-0.05, 0) is 61.7 Å². The Morgan fingerprint density at radius 2 is 1.64 bits per heavy atom. The number of hydrogen-bond donors (Lipinski definition) is 1. The lowest BCUT2D eigenvalue weighted by atomic mass is 10.1. The maximum atomic E-state index is 12.5. The normalized spacial score (nSPS) is 10.4. The number of unbranched alkanes of at least 4 members (excludes halogenated alkanes) is 1. The number of nitrogens with one attached hydrogen (secondary N) is 1. The fourth-order valence-corrected chi connectivity index (χ4v) is 2.76. The molecule has 4 nitrogen and oxygen atoms in total. The van der Waals surface area contributed by atoms with Gasteiger partial charge >= 0.3 is 0 Å². The van der Waals surface area contributed by atoms with Gasteiger partial charge in [-0.15, -0.1) is 0 Å². The van der Waals surface area contributed by atoms with Gasteiger partial charge in [0.15, 0.2) is 0 Å². The molecule has 0 unspecified atom stereocenters. The Labute approximate surface area is 149 Å². The maximum absolute atomic E-state index is 12.5. The van der Waals surface area contributed by atoms with Crippen LogP contribution in [0.15, 0.2) is 42.5 Å². The number of nitrogens with zero attached hydrogens (tertiary/aromatic N) is 1. The summed E-state index contributed by atoms with van der Waals surface area (Å²) in [5.41, 5.74) is 3.97. The molecule has 0 atom stereocenters. The van der Waals surface area contributed by atoms with Crippen LogP contribution in [0.1, 0.15) is 51.6 Å². The third kappa shape index (κ3) is 5.18. The van der Waals surface area contributed by atoms with Crippen molar-refractivity contribution >= 4 is 17.5 Å². The average molecular weight is 338 g/mol. The van der Waals surface area contributed by atoms with Crippen molar-refractivity contribution in [3.8, 4) is 0 Å². The first kappa shape index (κ1) is 18.7. The maximum Gasteiger partial charge on any atom is 0.255 e. The number of aryl methyl sites for hydroxylation is 2. The predicted molar refractivity (Wildman–Crippen MR) is 102 cm³/mol. The molecule has 2 rings (SSSR count). The molecular formula is C21H26N2O2. The highest BCUT2D eigenvalue weighted by molar-refractivity contribution is 6.06. The smallest absolute Gasteiger partial charge is 0.255 e. The van der Waals surface area contributed by atoms with E-state index in [9.17, 15) is 9.59 Å². The summed E-state index contributed by atoms with van der Waals surface area (Å²) in [6.45, 7) is 6.80. The van der Waals surface area contributed by atoms with E-state index in [0.717, 1.165) is 29.7 Å². The van der Waals surface area contributed by atoms with Crippen LogP contribution in [0.5, 0.6) is 0 Å². The van der Waals surface area contributed by atoms with Crippen molar-refractivity contribution in [2.24, 2.45) is 0 Å². The lowest BCUT2D eigenvalue weighted by molar-refractivity contribution is 0.0793. The van der Waals surface area contributed by atoms with Gasteiger partial charge in [-0.1, -0.05) is 25.5 Å². The third-order valence-corrected chi connectivity index (χ3v) is 4.05. The topological polar surface area (TPSA) is 49.4 Å². The van der Waals surface area contributed by atoms with Gasteiger partial charge in [0.2, 0.25) is 0 Å². The van der Waals surface area contributed by atoms with Crippen LogP contribution in [0.25, 0.3) is 0 Å². The van der Waals surface area contributed by atoms with Crippen LogP contribution < -0.4 is 5.32 Å². The Balaban J connectivity index is 2.14. The van der Waals surface area contributed by atoms with Gasteiger partial charge in [0.1, 0.15) is 0 Å². The summed E-state index contributed by atoms with van der Waals surface area (Å²) in [6.07, 6.45) is 2.01. The summed E-state index contributed by atoms with van der Waals surface area (Å²) in [7, 11) is 1.79. The van der Waals surface area contributed by atoms with Crippen molar-refractivity contribution in [3.05, 3.63) is 64.7 Å². The number of rotatable bonds is 6. The van der Waals surface area contributed by atoms with E-state index in [0.29, 0.717) is 17.7 Å². The molecule has 25 heavy (non-hydrogen) atoms. The fraction of sp³-hybridized carbons (Fsp3) is 0.333. The highest BCUT2D eigenvalue weighted by Gasteiger charge is 2.14. The highest BCUT2D eigenvalue weighted by Crippen LogP contribution is 2.16. The minimum atomic E-state index is -0.212. The van der Waals surface area contributed by atoms with E-state index in [1.807, 2.05) is 26.0 Å². The van der Waals surface area contributed by atoms with Gasteiger partial charge in [0, 0.05) is 30.4 Å². The zero-order chi connectivity index (χ0) is 18.4. The van der Waals surface area contributed by atoms with E-state index in [-0.39, 0.29) is 11.8 Å². The van der Waals surface area contributed by atoms with Crippen LogP contribution in [0.2, 0.25) is 0 Å². The molecule has 0 aliphatic heterocycles. The van der Waals surface area contributed by atoms with Crippen molar-refractivity contribution in [2.45, 2.75) is 33.6 Å². The molecule has 1 N–H and O–H groups in total. The third-order valence-electron chi connectivity index (χ3n) is 4.05. The van der Waals surface area contributed by atoms with E-state index >= 15 is 0 Å². The van der Waals surface area contributed by atoms with E-state index in [1.165, 1.54) is 0 Å². The molecule has 0 radical (unpaired) electrons. The lowest BCUT2D eigenvalue weighted by Gasteiger charge is -2.17. The van der Waals surface area contributed by atoms with Crippen LogP contribution in [0.4, 0.5) is 5.69 Å². The molecular weight excluding hydrogens is 312 g/mol. The second kappa shape index (κ2) is 8.47. The first-order chi connectivity index (χ1) is 11.9. The number of amides is 2. The number of carbonyl (C=O) groups excluding carboxylic acids is 2. The molecule has 0 aromatic heterocycles. The molecule has 0 spiro atoms. The molecule has 0 aliphatic rings. The molecule has 0 bridgehead atoms. The Hall–Kier alpha value is -2.62. The van der Waals surface area contributed by atoms with Crippen LogP contribution in [0, 0.1) is 13.8 Å².